The summed E-state index contributed by atoms with van der Waals surface area (Å²) in [5.41, 5.74) is 4.24. The number of halogens is 1. The van der Waals surface area contributed by atoms with Crippen LogP contribution in [0.15, 0.2) is 57.3 Å². The van der Waals surface area contributed by atoms with Crippen LogP contribution >= 0.6 is 0 Å². The molecule has 1 aliphatic heterocycles. The number of aryl methyl sites for hydroxylation is 1. The van der Waals surface area contributed by atoms with Crippen molar-refractivity contribution in [1.29, 1.82) is 0 Å². The Labute approximate surface area is 185 Å². The molecule has 8 heteroatoms. The normalized spacial score (nSPS) is 16.0. The Hall–Kier alpha value is -3.00. The first-order valence-electron chi connectivity index (χ1n) is 10.3. The van der Waals surface area contributed by atoms with Crippen LogP contribution in [0.5, 0.6) is 5.88 Å². The molecule has 2 heterocycles. The van der Waals surface area contributed by atoms with Gasteiger partial charge >= 0.3 is 0 Å². The van der Waals surface area contributed by atoms with Gasteiger partial charge < -0.3 is 10.1 Å². The van der Waals surface area contributed by atoms with Crippen molar-refractivity contribution in [2.75, 3.05) is 11.9 Å². The van der Waals surface area contributed by atoms with Crippen molar-refractivity contribution < 1.29 is 9.13 Å². The number of anilines is 1. The molecule has 1 aromatic heterocycles. The molecular formula is C23H26FN5OS. The molecule has 0 saturated carbocycles. The Bertz CT molecular complexity index is 1120. The lowest BCUT2D eigenvalue weighted by molar-refractivity contribution is 0.225. The van der Waals surface area contributed by atoms with Gasteiger partial charge in [-0.2, -0.15) is 5.10 Å². The van der Waals surface area contributed by atoms with Crippen molar-refractivity contribution in [1.82, 2.24) is 9.78 Å². The molecule has 1 aromatic carbocycles. The van der Waals surface area contributed by atoms with E-state index in [2.05, 4.69) is 33.1 Å². The minimum atomic E-state index is -0.170. The maximum Gasteiger partial charge on any atom is 0.226 e. The van der Waals surface area contributed by atoms with Crippen molar-refractivity contribution in [3.05, 3.63) is 65.5 Å². The lowest BCUT2D eigenvalue weighted by atomic mass is 9.96. The van der Waals surface area contributed by atoms with Gasteiger partial charge in [0.25, 0.3) is 0 Å². The van der Waals surface area contributed by atoms with Crippen LogP contribution in [-0.4, -0.2) is 23.1 Å². The standard InChI is InChI=1S/C23H26FN5OS/c1-4-16(9-10-25-3)19-13-20(24)17-7-5-8-18(17)22(19)27-15(2)28-31-21-14-26-29-11-6-12-30-23(21)29/h4,9-10,13-14,27,31H,2-3,5-8,11-12H2,1H3/b10-9-,16-4+. The summed E-state index contributed by atoms with van der Waals surface area (Å²) in [6.45, 7) is 11.0. The second kappa shape index (κ2) is 9.43. The van der Waals surface area contributed by atoms with Crippen LogP contribution in [0.3, 0.4) is 0 Å². The maximum atomic E-state index is 14.8. The Morgan fingerprint density at radius 1 is 1.35 bits per heavy atom. The first-order chi connectivity index (χ1) is 15.1. The van der Waals surface area contributed by atoms with Gasteiger partial charge in [-0.05, 0) is 61.7 Å². The number of hydrogen-bond donors (Lipinski definition) is 2. The highest BCUT2D eigenvalue weighted by atomic mass is 32.1. The molecule has 0 atom stereocenters. The molecule has 0 bridgehead atoms. The highest BCUT2D eigenvalue weighted by Gasteiger charge is 2.23. The van der Waals surface area contributed by atoms with E-state index in [4.69, 9.17) is 4.74 Å². The molecule has 0 amide bonds. The number of fused-ring (bicyclic) bond motifs is 2. The van der Waals surface area contributed by atoms with E-state index in [1.807, 2.05) is 23.8 Å². The predicted molar refractivity (Wildman–Crippen MR) is 125 cm³/mol. The molecule has 4 rings (SSSR count). The average Bonchev–Trinajstić information content (AvgIpc) is 3.43. The van der Waals surface area contributed by atoms with Crippen molar-refractivity contribution in [2.45, 2.75) is 44.0 Å². The molecule has 1 N–H and O–H groups in total. The number of ether oxygens (including phenoxy) is 1. The van der Waals surface area contributed by atoms with Gasteiger partial charge in [-0.25, -0.2) is 13.4 Å². The molecule has 0 spiro atoms. The van der Waals surface area contributed by atoms with E-state index in [-0.39, 0.29) is 5.82 Å². The monoisotopic (exact) mass is 439 g/mol. The smallest absolute Gasteiger partial charge is 0.226 e. The van der Waals surface area contributed by atoms with Crippen LogP contribution in [0.2, 0.25) is 0 Å². The number of aliphatic imine (C=N–C) groups is 1. The second-order valence-electron chi connectivity index (χ2n) is 7.37. The van der Waals surface area contributed by atoms with E-state index in [9.17, 15) is 4.39 Å². The van der Waals surface area contributed by atoms with E-state index in [1.54, 1.807) is 18.5 Å². The van der Waals surface area contributed by atoms with Gasteiger partial charge in [0, 0.05) is 24.7 Å². The number of nitrogens with one attached hydrogen (secondary N) is 1. The van der Waals surface area contributed by atoms with Crippen molar-refractivity contribution in [3.8, 4) is 5.88 Å². The van der Waals surface area contributed by atoms with E-state index >= 15 is 0 Å². The van der Waals surface area contributed by atoms with Gasteiger partial charge in [-0.3, -0.25) is 4.99 Å². The van der Waals surface area contributed by atoms with Crippen molar-refractivity contribution >= 4 is 29.5 Å². The van der Waals surface area contributed by atoms with Crippen LogP contribution in [-0.2, 0) is 30.9 Å². The highest BCUT2D eigenvalue weighted by molar-refractivity contribution is 7.68. The van der Waals surface area contributed by atoms with E-state index < -0.39 is 0 Å². The predicted octanol–water partition coefficient (Wildman–Crippen LogP) is 4.85. The molecule has 0 fully saturated rings. The molecule has 2 aliphatic rings. The van der Waals surface area contributed by atoms with Gasteiger partial charge in [-0.1, -0.05) is 24.2 Å². The number of allylic oxidation sites excluding steroid dienone is 3. The minimum Gasteiger partial charge on any atom is -0.477 e. The van der Waals surface area contributed by atoms with Crippen LogP contribution in [0.1, 0.15) is 36.5 Å². The third kappa shape index (κ3) is 4.39. The van der Waals surface area contributed by atoms with Gasteiger partial charge in [0.15, 0.2) is 0 Å². The molecule has 6 nitrogen and oxygen atoms in total. The Kier molecular flexibility index (Phi) is 6.46. The van der Waals surface area contributed by atoms with Crippen molar-refractivity contribution in [2.24, 2.45) is 9.36 Å². The molecule has 31 heavy (non-hydrogen) atoms. The molecular weight excluding hydrogens is 413 g/mol. The quantitative estimate of drug-likeness (QED) is 0.368. The maximum absolute atomic E-state index is 14.8. The van der Waals surface area contributed by atoms with Gasteiger partial charge in [0.2, 0.25) is 5.88 Å². The lowest BCUT2D eigenvalue weighted by Gasteiger charge is -2.18. The first kappa shape index (κ1) is 21.2. The summed E-state index contributed by atoms with van der Waals surface area (Å²) in [7, 11) is 0. The van der Waals surface area contributed by atoms with E-state index in [0.717, 1.165) is 71.0 Å². The van der Waals surface area contributed by atoms with Gasteiger partial charge in [0.1, 0.15) is 11.6 Å². The van der Waals surface area contributed by atoms with Gasteiger partial charge in [-0.15, -0.1) is 0 Å². The zero-order chi connectivity index (χ0) is 21.8. The molecule has 0 saturated heterocycles. The van der Waals surface area contributed by atoms with E-state index in [0.29, 0.717) is 24.0 Å². The lowest BCUT2D eigenvalue weighted by Crippen LogP contribution is -2.14. The third-order valence-electron chi connectivity index (χ3n) is 5.40. The fourth-order valence-electron chi connectivity index (χ4n) is 3.98. The van der Waals surface area contributed by atoms with Crippen molar-refractivity contribution in [3.63, 3.8) is 0 Å². The minimum absolute atomic E-state index is 0.170. The fraction of sp³-hybridized carbons (Fsp3) is 0.304. The van der Waals surface area contributed by atoms with Crippen LogP contribution < -0.4 is 10.1 Å². The van der Waals surface area contributed by atoms with E-state index in [1.165, 1.54) is 0 Å². The average molecular weight is 440 g/mol. The zero-order valence-corrected chi connectivity index (χ0v) is 18.5. The molecule has 0 radical (unpaired) electrons. The number of hydrogen-bond acceptors (Lipinski definition) is 5. The first-order valence-corrected chi connectivity index (χ1v) is 11.2. The summed E-state index contributed by atoms with van der Waals surface area (Å²) in [5.74, 6) is 1.10. The topological polar surface area (TPSA) is 63.8 Å². The summed E-state index contributed by atoms with van der Waals surface area (Å²) in [5, 5.41) is 7.70. The Morgan fingerprint density at radius 3 is 3.00 bits per heavy atom. The molecule has 1 aliphatic carbocycles. The summed E-state index contributed by atoms with van der Waals surface area (Å²) >= 11 is 0.698. The fourth-order valence-corrected chi connectivity index (χ4v) is 4.63. The third-order valence-corrected chi connectivity index (χ3v) is 6.27. The summed E-state index contributed by atoms with van der Waals surface area (Å²) < 4.78 is 27.0. The summed E-state index contributed by atoms with van der Waals surface area (Å²) in [6, 6.07) is 1.59. The number of thiol groups is 1. The number of aromatic nitrogens is 2. The largest absolute Gasteiger partial charge is 0.477 e. The summed E-state index contributed by atoms with van der Waals surface area (Å²) in [6.07, 6.45) is 10.6. The van der Waals surface area contributed by atoms with Crippen LogP contribution in [0.25, 0.3) is 5.57 Å². The SMILES string of the molecule is C=N/C=C\C(=C/C)c1cc(F)c2c(c1NC(=C)N=[SH]c1cnn3c1OCCC3)CCC2. The Morgan fingerprint density at radius 2 is 2.19 bits per heavy atom. The number of nitrogens with zero attached hydrogens (tertiary/aromatic N) is 4. The Balaban J connectivity index is 1.65. The van der Waals surface area contributed by atoms with Crippen LogP contribution in [0.4, 0.5) is 10.1 Å². The van der Waals surface area contributed by atoms with Gasteiger partial charge in [0.05, 0.1) is 23.4 Å². The molecule has 0 unspecified atom stereocenters. The second-order valence-corrected chi connectivity index (χ2v) is 8.25. The zero-order valence-electron chi connectivity index (χ0n) is 17.6. The number of benzene rings is 1. The highest BCUT2D eigenvalue weighted by Crippen LogP contribution is 2.38. The summed E-state index contributed by atoms with van der Waals surface area (Å²) in [4.78, 5) is 4.69. The molecule has 162 valence electrons. The molecule has 2 aromatic rings. The number of rotatable bonds is 7. The van der Waals surface area contributed by atoms with Crippen LogP contribution in [0, 0.1) is 5.82 Å².